The second-order valence-corrected chi connectivity index (χ2v) is 4.59. The van der Waals surface area contributed by atoms with Gasteiger partial charge in [0.15, 0.2) is 0 Å². The first-order valence-electron chi connectivity index (χ1n) is 5.61. The number of carbonyl (C=O) groups is 1. The Morgan fingerprint density at radius 2 is 1.81 bits per heavy atom. The van der Waals surface area contributed by atoms with E-state index in [2.05, 4.69) is 6.92 Å². The molecule has 1 aliphatic carbocycles. The van der Waals surface area contributed by atoms with Crippen molar-refractivity contribution in [3.63, 3.8) is 0 Å². The third-order valence-electron chi connectivity index (χ3n) is 3.13. The molecule has 2 rings (SSSR count). The number of carboxylic acid groups (broad SMARTS) is 1. The lowest BCUT2D eigenvalue weighted by Crippen LogP contribution is -2.27. The first kappa shape index (κ1) is 11.0. The molecular formula is C13H16O3. The molecule has 1 aromatic rings. The van der Waals surface area contributed by atoms with E-state index in [1.807, 2.05) is 0 Å². The Bertz CT molecular complexity index is 375. The molecule has 0 unspecified atom stereocenters. The molecule has 0 amide bonds. The minimum Gasteiger partial charge on any atom is -0.488 e. The Labute approximate surface area is 95.0 Å². The summed E-state index contributed by atoms with van der Waals surface area (Å²) in [6.45, 7) is 2.12. The monoisotopic (exact) mass is 220 g/mol. The molecule has 1 fully saturated rings. The summed E-state index contributed by atoms with van der Waals surface area (Å²) in [6, 6.07) is 6.62. The highest BCUT2D eigenvalue weighted by Crippen LogP contribution is 2.33. The summed E-state index contributed by atoms with van der Waals surface area (Å²) in [7, 11) is 0. The van der Waals surface area contributed by atoms with Crippen molar-refractivity contribution >= 4 is 5.97 Å². The Kier molecular flexibility index (Phi) is 2.86. The van der Waals surface area contributed by atoms with Crippen molar-refractivity contribution in [1.29, 1.82) is 0 Å². The highest BCUT2D eigenvalue weighted by atomic mass is 16.5. The molecule has 0 heterocycles. The molecule has 16 heavy (non-hydrogen) atoms. The maximum absolute atomic E-state index is 10.7. The van der Waals surface area contributed by atoms with Gasteiger partial charge < -0.3 is 9.84 Å². The van der Waals surface area contributed by atoms with Crippen LogP contribution < -0.4 is 4.74 Å². The van der Waals surface area contributed by atoms with Crippen molar-refractivity contribution in [3.8, 4) is 5.75 Å². The molecule has 0 radical (unpaired) electrons. The van der Waals surface area contributed by atoms with E-state index < -0.39 is 5.97 Å². The van der Waals surface area contributed by atoms with E-state index in [1.165, 1.54) is 12.8 Å². The van der Waals surface area contributed by atoms with Crippen molar-refractivity contribution < 1.29 is 14.6 Å². The SMILES string of the molecule is CC1(Oc2ccc(C(=O)O)cc2)CCCC1. The summed E-state index contributed by atoms with van der Waals surface area (Å²) in [4.78, 5) is 10.7. The van der Waals surface area contributed by atoms with E-state index in [0.717, 1.165) is 18.6 Å². The van der Waals surface area contributed by atoms with Crippen LogP contribution in [0.15, 0.2) is 24.3 Å². The molecule has 0 aromatic heterocycles. The standard InChI is InChI=1S/C13H16O3/c1-13(8-2-3-9-13)16-11-6-4-10(5-7-11)12(14)15/h4-7H,2-3,8-9H2,1H3,(H,14,15). The van der Waals surface area contributed by atoms with E-state index in [1.54, 1.807) is 24.3 Å². The number of carboxylic acids is 1. The largest absolute Gasteiger partial charge is 0.488 e. The number of benzene rings is 1. The van der Waals surface area contributed by atoms with Gasteiger partial charge in [-0.15, -0.1) is 0 Å². The van der Waals surface area contributed by atoms with Gasteiger partial charge in [0.05, 0.1) is 5.56 Å². The predicted octanol–water partition coefficient (Wildman–Crippen LogP) is 3.10. The van der Waals surface area contributed by atoms with E-state index in [9.17, 15) is 4.79 Å². The maximum Gasteiger partial charge on any atom is 0.335 e. The second-order valence-electron chi connectivity index (χ2n) is 4.59. The summed E-state index contributed by atoms with van der Waals surface area (Å²) >= 11 is 0. The molecule has 1 aliphatic rings. The minimum absolute atomic E-state index is 0.0647. The molecule has 0 atom stereocenters. The van der Waals surface area contributed by atoms with Gasteiger partial charge in [-0.25, -0.2) is 4.79 Å². The van der Waals surface area contributed by atoms with Gasteiger partial charge in [-0.05, 0) is 56.9 Å². The fourth-order valence-electron chi connectivity index (χ4n) is 2.18. The predicted molar refractivity (Wildman–Crippen MR) is 60.9 cm³/mol. The highest BCUT2D eigenvalue weighted by Gasteiger charge is 2.30. The Morgan fingerprint density at radius 3 is 2.31 bits per heavy atom. The molecule has 0 spiro atoms. The van der Waals surface area contributed by atoms with Crippen LogP contribution in [-0.4, -0.2) is 16.7 Å². The lowest BCUT2D eigenvalue weighted by Gasteiger charge is -2.25. The van der Waals surface area contributed by atoms with E-state index in [-0.39, 0.29) is 5.60 Å². The first-order chi connectivity index (χ1) is 7.59. The molecule has 0 saturated heterocycles. The van der Waals surface area contributed by atoms with Gasteiger partial charge in [-0.1, -0.05) is 0 Å². The summed E-state index contributed by atoms with van der Waals surface area (Å²) in [5.74, 6) is -0.145. The zero-order valence-corrected chi connectivity index (χ0v) is 9.40. The molecule has 1 N–H and O–H groups in total. The molecule has 1 aromatic carbocycles. The lowest BCUT2D eigenvalue weighted by molar-refractivity contribution is 0.0696. The normalized spacial score (nSPS) is 18.3. The van der Waals surface area contributed by atoms with Crippen molar-refractivity contribution in [1.82, 2.24) is 0 Å². The van der Waals surface area contributed by atoms with Crippen LogP contribution in [0.2, 0.25) is 0 Å². The van der Waals surface area contributed by atoms with Crippen molar-refractivity contribution in [2.45, 2.75) is 38.2 Å². The van der Waals surface area contributed by atoms with Crippen LogP contribution in [0.1, 0.15) is 43.0 Å². The first-order valence-corrected chi connectivity index (χ1v) is 5.61. The second kappa shape index (κ2) is 4.16. The van der Waals surface area contributed by atoms with E-state index in [0.29, 0.717) is 5.56 Å². The smallest absolute Gasteiger partial charge is 0.335 e. The van der Waals surface area contributed by atoms with Crippen molar-refractivity contribution in [2.24, 2.45) is 0 Å². The molecular weight excluding hydrogens is 204 g/mol. The molecule has 0 aliphatic heterocycles. The van der Waals surface area contributed by atoms with Crippen LogP contribution in [-0.2, 0) is 0 Å². The van der Waals surface area contributed by atoms with Gasteiger partial charge in [-0.2, -0.15) is 0 Å². The average molecular weight is 220 g/mol. The number of hydrogen-bond acceptors (Lipinski definition) is 2. The van der Waals surface area contributed by atoms with Crippen LogP contribution in [0.4, 0.5) is 0 Å². The summed E-state index contributed by atoms with van der Waals surface area (Å²) in [5, 5.41) is 8.77. The lowest BCUT2D eigenvalue weighted by atomic mass is 10.1. The van der Waals surface area contributed by atoms with Crippen LogP contribution in [0.3, 0.4) is 0 Å². The van der Waals surface area contributed by atoms with Gasteiger partial charge in [0.2, 0.25) is 0 Å². The zero-order chi connectivity index (χ0) is 11.6. The van der Waals surface area contributed by atoms with Crippen molar-refractivity contribution in [3.05, 3.63) is 29.8 Å². The van der Waals surface area contributed by atoms with Gasteiger partial charge in [-0.3, -0.25) is 0 Å². The van der Waals surface area contributed by atoms with E-state index in [4.69, 9.17) is 9.84 Å². The van der Waals surface area contributed by atoms with Crippen LogP contribution in [0, 0.1) is 0 Å². The zero-order valence-electron chi connectivity index (χ0n) is 9.40. The third kappa shape index (κ3) is 2.35. The number of rotatable bonds is 3. The fraction of sp³-hybridized carbons (Fsp3) is 0.462. The summed E-state index contributed by atoms with van der Waals surface area (Å²) in [5.41, 5.74) is 0.231. The maximum atomic E-state index is 10.7. The number of aromatic carboxylic acids is 1. The number of hydrogen-bond donors (Lipinski definition) is 1. The van der Waals surface area contributed by atoms with Crippen LogP contribution in [0.25, 0.3) is 0 Å². The topological polar surface area (TPSA) is 46.5 Å². The van der Waals surface area contributed by atoms with Gasteiger partial charge >= 0.3 is 5.97 Å². The quantitative estimate of drug-likeness (QED) is 0.851. The Balaban J connectivity index is 2.07. The van der Waals surface area contributed by atoms with Gasteiger partial charge in [0, 0.05) is 0 Å². The highest BCUT2D eigenvalue weighted by molar-refractivity contribution is 5.87. The molecule has 0 bridgehead atoms. The fourth-order valence-corrected chi connectivity index (χ4v) is 2.18. The molecule has 3 nitrogen and oxygen atoms in total. The molecule has 3 heteroatoms. The Morgan fingerprint density at radius 1 is 1.25 bits per heavy atom. The average Bonchev–Trinajstić information content (AvgIpc) is 2.65. The summed E-state index contributed by atoms with van der Waals surface area (Å²) < 4.78 is 5.90. The third-order valence-corrected chi connectivity index (χ3v) is 3.13. The number of ether oxygens (including phenoxy) is 1. The van der Waals surface area contributed by atoms with Gasteiger partial charge in [0.1, 0.15) is 11.4 Å². The van der Waals surface area contributed by atoms with Gasteiger partial charge in [0.25, 0.3) is 0 Å². The summed E-state index contributed by atoms with van der Waals surface area (Å²) in [6.07, 6.45) is 4.58. The Hall–Kier alpha value is -1.51. The van der Waals surface area contributed by atoms with E-state index >= 15 is 0 Å². The minimum atomic E-state index is -0.904. The van der Waals surface area contributed by atoms with Crippen LogP contribution >= 0.6 is 0 Å². The molecule has 86 valence electrons. The van der Waals surface area contributed by atoms with Crippen LogP contribution in [0.5, 0.6) is 5.75 Å². The van der Waals surface area contributed by atoms with Crippen molar-refractivity contribution in [2.75, 3.05) is 0 Å². The molecule has 1 saturated carbocycles.